The van der Waals surface area contributed by atoms with E-state index in [1.54, 1.807) is 7.11 Å². The number of carbonyl (C=O) groups excluding carboxylic acids is 1. The molecule has 1 amide bonds. The van der Waals surface area contributed by atoms with E-state index in [4.69, 9.17) is 9.84 Å². The summed E-state index contributed by atoms with van der Waals surface area (Å²) in [6.45, 7) is 2.95. The van der Waals surface area contributed by atoms with E-state index in [1.165, 1.54) is 0 Å². The van der Waals surface area contributed by atoms with Crippen molar-refractivity contribution in [1.82, 2.24) is 5.32 Å². The molecule has 1 rings (SSSR count). The van der Waals surface area contributed by atoms with Crippen LogP contribution in [-0.4, -0.2) is 37.2 Å². The minimum atomic E-state index is -1.13. The molecule has 0 bridgehead atoms. The number of carboxylic acid groups (broad SMARTS) is 1. The number of hydrogen-bond donors (Lipinski definition) is 2. The molecule has 0 radical (unpaired) electrons. The van der Waals surface area contributed by atoms with E-state index in [1.807, 2.05) is 6.92 Å². The molecule has 5 nitrogen and oxygen atoms in total. The molecular weight excluding hydrogens is 198 g/mol. The minimum absolute atomic E-state index is 0.198. The van der Waals surface area contributed by atoms with E-state index in [2.05, 4.69) is 5.32 Å². The largest absolute Gasteiger partial charge is 0.480 e. The molecule has 1 aliphatic rings. The summed E-state index contributed by atoms with van der Waals surface area (Å²) in [5.41, 5.74) is -1.13. The molecule has 2 N–H and O–H groups in total. The number of rotatable bonds is 6. The van der Waals surface area contributed by atoms with Crippen molar-refractivity contribution in [1.29, 1.82) is 0 Å². The van der Waals surface area contributed by atoms with Crippen molar-refractivity contribution in [3.63, 3.8) is 0 Å². The Morgan fingerprint density at radius 3 is 2.53 bits per heavy atom. The van der Waals surface area contributed by atoms with Crippen molar-refractivity contribution < 1.29 is 19.4 Å². The fraction of sp³-hybridized carbons (Fsp3) is 0.800. The Bertz CT molecular complexity index is 260. The van der Waals surface area contributed by atoms with E-state index >= 15 is 0 Å². The summed E-state index contributed by atoms with van der Waals surface area (Å²) in [6.07, 6.45) is 0.902. The van der Waals surface area contributed by atoms with Crippen molar-refractivity contribution in [3.05, 3.63) is 0 Å². The molecule has 86 valence electrons. The molecule has 1 aliphatic carbocycles. The van der Waals surface area contributed by atoms with Gasteiger partial charge in [0.2, 0.25) is 5.91 Å². The number of methoxy groups -OCH3 is 1. The third-order valence-electron chi connectivity index (χ3n) is 2.66. The van der Waals surface area contributed by atoms with Gasteiger partial charge in [-0.15, -0.1) is 0 Å². The van der Waals surface area contributed by atoms with E-state index in [0.717, 1.165) is 0 Å². The summed E-state index contributed by atoms with van der Waals surface area (Å²) >= 11 is 0. The average molecular weight is 215 g/mol. The molecule has 0 aromatic rings. The molecule has 0 spiro atoms. The second kappa shape index (κ2) is 4.61. The first-order chi connectivity index (χ1) is 7.03. The number of hydrogen-bond acceptors (Lipinski definition) is 3. The smallest absolute Gasteiger partial charge is 0.319 e. The maximum atomic E-state index is 11.5. The Labute approximate surface area is 88.8 Å². The average Bonchev–Trinajstić information content (AvgIpc) is 2.95. The van der Waals surface area contributed by atoms with Crippen LogP contribution in [0.4, 0.5) is 0 Å². The Balaban J connectivity index is 2.34. The van der Waals surface area contributed by atoms with Crippen LogP contribution >= 0.6 is 0 Å². The fourth-order valence-corrected chi connectivity index (χ4v) is 1.44. The van der Waals surface area contributed by atoms with Crippen LogP contribution in [0.3, 0.4) is 0 Å². The third-order valence-corrected chi connectivity index (χ3v) is 2.66. The van der Waals surface area contributed by atoms with Gasteiger partial charge < -0.3 is 15.2 Å². The van der Waals surface area contributed by atoms with Crippen molar-refractivity contribution >= 4 is 11.9 Å². The minimum Gasteiger partial charge on any atom is -0.480 e. The zero-order valence-corrected chi connectivity index (χ0v) is 9.08. The summed E-state index contributed by atoms with van der Waals surface area (Å²) in [5.74, 6) is -1.18. The van der Waals surface area contributed by atoms with Crippen LogP contribution in [0, 0.1) is 11.3 Å². The number of aliphatic carboxylic acids is 1. The lowest BCUT2D eigenvalue weighted by Gasteiger charge is -2.14. The van der Waals surface area contributed by atoms with Crippen molar-refractivity contribution in [2.45, 2.75) is 19.8 Å². The van der Waals surface area contributed by atoms with Crippen LogP contribution in [0.2, 0.25) is 0 Å². The summed E-state index contributed by atoms with van der Waals surface area (Å²) in [6, 6.07) is 0. The Kier molecular flexibility index (Phi) is 3.68. The lowest BCUT2D eigenvalue weighted by Crippen LogP contribution is -2.39. The number of carboxylic acids is 1. The number of amides is 1. The molecule has 1 unspecified atom stereocenters. The van der Waals surface area contributed by atoms with Crippen LogP contribution in [0.25, 0.3) is 0 Å². The summed E-state index contributed by atoms with van der Waals surface area (Å²) < 4.78 is 4.92. The lowest BCUT2D eigenvalue weighted by molar-refractivity contribution is -0.149. The highest BCUT2D eigenvalue weighted by Crippen LogP contribution is 2.46. The van der Waals surface area contributed by atoms with Gasteiger partial charge in [-0.2, -0.15) is 0 Å². The maximum absolute atomic E-state index is 11.5. The first-order valence-corrected chi connectivity index (χ1v) is 5.03. The SMILES string of the molecule is COCC(C)CNC(=O)C1(C(=O)O)CC1. The second-order valence-electron chi connectivity index (χ2n) is 4.16. The van der Waals surface area contributed by atoms with Crippen LogP contribution in [0.1, 0.15) is 19.8 Å². The van der Waals surface area contributed by atoms with Gasteiger partial charge in [0.25, 0.3) is 0 Å². The van der Waals surface area contributed by atoms with Gasteiger partial charge in [-0.1, -0.05) is 6.92 Å². The molecule has 0 aromatic heterocycles. The predicted octanol–water partition coefficient (Wildman–Crippen LogP) is 0.250. The molecule has 15 heavy (non-hydrogen) atoms. The first-order valence-electron chi connectivity index (χ1n) is 5.03. The van der Waals surface area contributed by atoms with Gasteiger partial charge >= 0.3 is 5.97 Å². The normalized spacial score (nSPS) is 19.3. The van der Waals surface area contributed by atoms with Gasteiger partial charge in [0.15, 0.2) is 0 Å². The van der Waals surface area contributed by atoms with Crippen LogP contribution in [-0.2, 0) is 14.3 Å². The summed E-state index contributed by atoms with van der Waals surface area (Å²) in [5, 5.41) is 11.5. The zero-order chi connectivity index (χ0) is 11.5. The highest BCUT2D eigenvalue weighted by molar-refractivity contribution is 6.04. The van der Waals surface area contributed by atoms with Crippen molar-refractivity contribution in [3.8, 4) is 0 Å². The van der Waals surface area contributed by atoms with Crippen LogP contribution in [0.15, 0.2) is 0 Å². The second-order valence-corrected chi connectivity index (χ2v) is 4.16. The molecule has 0 aliphatic heterocycles. The van der Waals surface area contributed by atoms with E-state index in [-0.39, 0.29) is 11.8 Å². The summed E-state index contributed by atoms with van der Waals surface area (Å²) in [4.78, 5) is 22.4. The van der Waals surface area contributed by atoms with Gasteiger partial charge in [0.1, 0.15) is 5.41 Å². The number of ether oxygens (including phenoxy) is 1. The first kappa shape index (κ1) is 12.0. The molecule has 5 heteroatoms. The molecule has 1 saturated carbocycles. The van der Waals surface area contributed by atoms with Crippen molar-refractivity contribution in [2.75, 3.05) is 20.3 Å². The molecule has 0 aromatic carbocycles. The fourth-order valence-electron chi connectivity index (χ4n) is 1.44. The Hall–Kier alpha value is -1.10. The zero-order valence-electron chi connectivity index (χ0n) is 9.08. The highest BCUT2D eigenvalue weighted by Gasteiger charge is 2.56. The van der Waals surface area contributed by atoms with E-state index in [9.17, 15) is 9.59 Å². The lowest BCUT2D eigenvalue weighted by atomic mass is 10.1. The topological polar surface area (TPSA) is 75.6 Å². The quantitative estimate of drug-likeness (QED) is 0.623. The van der Waals surface area contributed by atoms with Gasteiger partial charge in [-0.25, -0.2) is 0 Å². The van der Waals surface area contributed by atoms with Gasteiger partial charge in [-0.3, -0.25) is 9.59 Å². The number of carbonyl (C=O) groups is 2. The number of nitrogens with one attached hydrogen (secondary N) is 1. The molecule has 0 heterocycles. The summed E-state index contributed by atoms with van der Waals surface area (Å²) in [7, 11) is 1.60. The maximum Gasteiger partial charge on any atom is 0.319 e. The predicted molar refractivity (Wildman–Crippen MR) is 53.4 cm³/mol. The molecule has 0 saturated heterocycles. The van der Waals surface area contributed by atoms with E-state index < -0.39 is 11.4 Å². The molecular formula is C10H17NO4. The van der Waals surface area contributed by atoms with Crippen LogP contribution in [0.5, 0.6) is 0 Å². The van der Waals surface area contributed by atoms with Crippen LogP contribution < -0.4 is 5.32 Å². The monoisotopic (exact) mass is 215 g/mol. The van der Waals surface area contributed by atoms with Crippen molar-refractivity contribution in [2.24, 2.45) is 11.3 Å². The Morgan fingerprint density at radius 2 is 2.13 bits per heavy atom. The molecule has 1 atom stereocenters. The Morgan fingerprint density at radius 1 is 1.53 bits per heavy atom. The van der Waals surface area contributed by atoms with Gasteiger partial charge in [0, 0.05) is 13.7 Å². The standard InChI is InChI=1S/C10H17NO4/c1-7(6-15-2)5-11-8(12)10(3-4-10)9(13)14/h7H,3-6H2,1-2H3,(H,11,12)(H,13,14). The highest BCUT2D eigenvalue weighted by atomic mass is 16.5. The van der Waals surface area contributed by atoms with Gasteiger partial charge in [-0.05, 0) is 18.8 Å². The third kappa shape index (κ3) is 2.68. The van der Waals surface area contributed by atoms with E-state index in [0.29, 0.717) is 26.0 Å². The van der Waals surface area contributed by atoms with Gasteiger partial charge in [0.05, 0.1) is 6.61 Å². The molecule has 1 fully saturated rings.